The number of carbonyl (C=O) groups excluding carboxylic acids is 1. The van der Waals surface area contributed by atoms with Crippen LogP contribution in [0.1, 0.15) is 20.3 Å². The topological polar surface area (TPSA) is 26.3 Å². The average Bonchev–Trinajstić information content (AvgIpc) is 2.03. The van der Waals surface area contributed by atoms with E-state index in [0.717, 1.165) is 10.8 Å². The molecule has 1 saturated heterocycles. The van der Waals surface area contributed by atoms with E-state index in [4.69, 9.17) is 4.74 Å². The minimum absolute atomic E-state index is 0.0120. The van der Waals surface area contributed by atoms with E-state index in [2.05, 4.69) is 36.4 Å². The molecular formula is C9H15IO2. The fourth-order valence-corrected chi connectivity index (χ4v) is 2.76. The van der Waals surface area contributed by atoms with Crippen LogP contribution in [0, 0.1) is 17.8 Å². The van der Waals surface area contributed by atoms with Crippen LogP contribution in [0.4, 0.5) is 0 Å². The van der Waals surface area contributed by atoms with Crippen molar-refractivity contribution < 1.29 is 9.53 Å². The van der Waals surface area contributed by atoms with Gasteiger partial charge in [0.05, 0.1) is 12.5 Å². The first-order valence-electron chi connectivity index (χ1n) is 4.39. The molecule has 0 amide bonds. The van der Waals surface area contributed by atoms with Crippen LogP contribution in [0.3, 0.4) is 0 Å². The van der Waals surface area contributed by atoms with Gasteiger partial charge in [-0.3, -0.25) is 4.79 Å². The summed E-state index contributed by atoms with van der Waals surface area (Å²) in [4.78, 5) is 11.4. The van der Waals surface area contributed by atoms with Crippen molar-refractivity contribution in [2.75, 3.05) is 11.0 Å². The number of halogens is 1. The molecular weight excluding hydrogens is 267 g/mol. The number of esters is 1. The smallest absolute Gasteiger partial charge is 0.309 e. The zero-order valence-electron chi connectivity index (χ0n) is 7.55. The van der Waals surface area contributed by atoms with Crippen LogP contribution in [-0.4, -0.2) is 17.0 Å². The number of ether oxygens (including phenoxy) is 1. The molecule has 2 nitrogen and oxygen atoms in total. The zero-order valence-corrected chi connectivity index (χ0v) is 9.71. The molecule has 0 aliphatic carbocycles. The van der Waals surface area contributed by atoms with E-state index in [1.165, 1.54) is 0 Å². The molecule has 2 atom stereocenters. The summed E-state index contributed by atoms with van der Waals surface area (Å²) >= 11 is 2.36. The maximum absolute atomic E-state index is 11.4. The van der Waals surface area contributed by atoms with Gasteiger partial charge in [0.2, 0.25) is 0 Å². The van der Waals surface area contributed by atoms with Gasteiger partial charge in [-0.1, -0.05) is 36.4 Å². The molecule has 0 aromatic heterocycles. The lowest BCUT2D eigenvalue weighted by atomic mass is 9.81. The van der Waals surface area contributed by atoms with E-state index >= 15 is 0 Å². The first-order valence-corrected chi connectivity index (χ1v) is 5.92. The molecule has 1 fully saturated rings. The van der Waals surface area contributed by atoms with Gasteiger partial charge in [0, 0.05) is 4.43 Å². The second-order valence-electron chi connectivity index (χ2n) is 3.64. The van der Waals surface area contributed by atoms with Crippen molar-refractivity contribution in [1.82, 2.24) is 0 Å². The molecule has 70 valence electrons. The molecule has 1 heterocycles. The fourth-order valence-electron chi connectivity index (χ4n) is 1.77. The van der Waals surface area contributed by atoms with Crippen LogP contribution in [0.25, 0.3) is 0 Å². The van der Waals surface area contributed by atoms with Crippen molar-refractivity contribution in [3.05, 3.63) is 0 Å². The van der Waals surface area contributed by atoms with Crippen LogP contribution < -0.4 is 0 Å². The van der Waals surface area contributed by atoms with Gasteiger partial charge in [-0.2, -0.15) is 0 Å². The van der Waals surface area contributed by atoms with Gasteiger partial charge >= 0.3 is 5.97 Å². The highest BCUT2D eigenvalue weighted by Gasteiger charge is 2.34. The second kappa shape index (κ2) is 4.44. The predicted octanol–water partition coefficient (Wildman–Crippen LogP) is 2.26. The maximum atomic E-state index is 11.4. The molecule has 3 heteroatoms. The lowest BCUT2D eigenvalue weighted by Gasteiger charge is -2.31. The Kier molecular flexibility index (Phi) is 3.80. The van der Waals surface area contributed by atoms with Gasteiger partial charge < -0.3 is 4.74 Å². The SMILES string of the molecule is CC(C)C1C(=O)OCCC1CI. The third kappa shape index (κ3) is 2.12. The van der Waals surface area contributed by atoms with Gasteiger partial charge in [0.25, 0.3) is 0 Å². The standard InChI is InChI=1S/C9H15IO2/c1-6(2)8-7(5-10)3-4-12-9(8)11/h6-8H,3-5H2,1-2H3. The molecule has 0 spiro atoms. The highest BCUT2D eigenvalue weighted by atomic mass is 127. The molecule has 0 radical (unpaired) electrons. The minimum Gasteiger partial charge on any atom is -0.465 e. The summed E-state index contributed by atoms with van der Waals surface area (Å²) in [7, 11) is 0. The van der Waals surface area contributed by atoms with Crippen molar-refractivity contribution >= 4 is 28.6 Å². The number of hydrogen-bond donors (Lipinski definition) is 0. The number of rotatable bonds is 2. The molecule has 0 N–H and O–H groups in total. The normalized spacial score (nSPS) is 30.5. The van der Waals surface area contributed by atoms with Gasteiger partial charge in [-0.15, -0.1) is 0 Å². The van der Waals surface area contributed by atoms with Crippen LogP contribution in [-0.2, 0) is 9.53 Å². The Bertz CT molecular complexity index is 168. The Labute approximate surface area is 87.2 Å². The lowest BCUT2D eigenvalue weighted by molar-refractivity contribution is -0.158. The largest absolute Gasteiger partial charge is 0.465 e. The highest BCUT2D eigenvalue weighted by molar-refractivity contribution is 14.1. The van der Waals surface area contributed by atoms with E-state index in [1.54, 1.807) is 0 Å². The average molecular weight is 282 g/mol. The number of carbonyl (C=O) groups is 1. The highest BCUT2D eigenvalue weighted by Crippen LogP contribution is 2.30. The Morgan fingerprint density at radius 2 is 2.33 bits per heavy atom. The van der Waals surface area contributed by atoms with Crippen molar-refractivity contribution in [2.45, 2.75) is 20.3 Å². The van der Waals surface area contributed by atoms with E-state index in [-0.39, 0.29) is 11.9 Å². The molecule has 0 aromatic rings. The van der Waals surface area contributed by atoms with E-state index in [1.807, 2.05) is 0 Å². The molecule has 2 unspecified atom stereocenters. The molecule has 1 rings (SSSR count). The number of hydrogen-bond acceptors (Lipinski definition) is 2. The monoisotopic (exact) mass is 282 g/mol. The third-order valence-electron chi connectivity index (χ3n) is 2.43. The van der Waals surface area contributed by atoms with Crippen molar-refractivity contribution in [3.8, 4) is 0 Å². The molecule has 0 aromatic carbocycles. The van der Waals surface area contributed by atoms with Crippen molar-refractivity contribution in [1.29, 1.82) is 0 Å². The van der Waals surface area contributed by atoms with Gasteiger partial charge in [-0.05, 0) is 18.3 Å². The van der Waals surface area contributed by atoms with E-state index in [9.17, 15) is 4.79 Å². The molecule has 0 saturated carbocycles. The van der Waals surface area contributed by atoms with Crippen molar-refractivity contribution in [3.63, 3.8) is 0 Å². The second-order valence-corrected chi connectivity index (χ2v) is 4.52. The van der Waals surface area contributed by atoms with Gasteiger partial charge in [-0.25, -0.2) is 0 Å². The molecule has 1 aliphatic heterocycles. The Hall–Kier alpha value is 0.200. The van der Waals surface area contributed by atoms with Crippen LogP contribution in [0.5, 0.6) is 0 Å². The van der Waals surface area contributed by atoms with Crippen molar-refractivity contribution in [2.24, 2.45) is 17.8 Å². The summed E-state index contributed by atoms with van der Waals surface area (Å²) in [5, 5.41) is 0. The number of cyclic esters (lactones) is 1. The van der Waals surface area contributed by atoms with Crippen LogP contribution in [0.15, 0.2) is 0 Å². The fraction of sp³-hybridized carbons (Fsp3) is 0.889. The minimum atomic E-state index is 0.0120. The van der Waals surface area contributed by atoms with Crippen LogP contribution in [0.2, 0.25) is 0 Å². The van der Waals surface area contributed by atoms with E-state index in [0.29, 0.717) is 18.4 Å². The summed E-state index contributed by atoms with van der Waals surface area (Å²) in [6, 6.07) is 0. The molecule has 0 bridgehead atoms. The summed E-state index contributed by atoms with van der Waals surface area (Å²) < 4.78 is 6.11. The van der Waals surface area contributed by atoms with E-state index < -0.39 is 0 Å². The van der Waals surface area contributed by atoms with Gasteiger partial charge in [0.15, 0.2) is 0 Å². The number of alkyl halides is 1. The Morgan fingerprint density at radius 1 is 1.67 bits per heavy atom. The molecule has 1 aliphatic rings. The van der Waals surface area contributed by atoms with Crippen LogP contribution >= 0.6 is 22.6 Å². The third-order valence-corrected chi connectivity index (χ3v) is 3.56. The lowest BCUT2D eigenvalue weighted by Crippen LogP contribution is -2.36. The zero-order chi connectivity index (χ0) is 9.14. The summed E-state index contributed by atoms with van der Waals surface area (Å²) in [5.74, 6) is 1.10. The molecule has 12 heavy (non-hydrogen) atoms. The van der Waals surface area contributed by atoms with Gasteiger partial charge in [0.1, 0.15) is 0 Å². The first-order chi connectivity index (χ1) is 5.66. The summed E-state index contributed by atoms with van der Waals surface area (Å²) in [6.07, 6.45) is 1.04. The maximum Gasteiger partial charge on any atom is 0.309 e. The predicted molar refractivity (Wildman–Crippen MR) is 56.3 cm³/mol. The summed E-state index contributed by atoms with van der Waals surface area (Å²) in [5.41, 5.74) is 0. The Morgan fingerprint density at radius 3 is 2.75 bits per heavy atom. The summed E-state index contributed by atoms with van der Waals surface area (Å²) in [6.45, 7) is 4.81. The Balaban J connectivity index is 2.66. The first kappa shape index (κ1) is 10.3. The quantitative estimate of drug-likeness (QED) is 0.441.